The Hall–Kier alpha value is -1.32. The minimum Gasteiger partial charge on any atom is -0.368 e. The van der Waals surface area contributed by atoms with Crippen LogP contribution in [0.5, 0.6) is 0 Å². The summed E-state index contributed by atoms with van der Waals surface area (Å²) < 4.78 is 0. The predicted molar refractivity (Wildman–Crippen MR) is 53.4 cm³/mol. The van der Waals surface area contributed by atoms with Gasteiger partial charge in [-0.2, -0.15) is 0 Å². The van der Waals surface area contributed by atoms with Gasteiger partial charge in [0.05, 0.1) is 0 Å². The zero-order valence-electron chi connectivity index (χ0n) is 8.62. The molecule has 0 spiro atoms. The molecule has 1 fully saturated rings. The van der Waals surface area contributed by atoms with Crippen LogP contribution in [0.1, 0.15) is 26.7 Å². The van der Waals surface area contributed by atoms with Crippen LogP contribution in [0.25, 0.3) is 0 Å². The second-order valence-corrected chi connectivity index (χ2v) is 3.81. The molecule has 78 valence electrons. The van der Waals surface area contributed by atoms with E-state index in [-0.39, 0.29) is 5.91 Å². The molecule has 1 heterocycles. The summed E-state index contributed by atoms with van der Waals surface area (Å²) in [6.45, 7) is 4.34. The molecule has 1 saturated heterocycles. The fourth-order valence-electron chi connectivity index (χ4n) is 1.66. The number of likely N-dealkylation sites (tertiary alicyclic amines) is 1. The molecule has 0 unspecified atom stereocenters. The molecule has 0 aromatic heterocycles. The number of allylic oxidation sites excluding steroid dienone is 1. The molecule has 1 aliphatic heterocycles. The summed E-state index contributed by atoms with van der Waals surface area (Å²) >= 11 is 0. The molecule has 1 rings (SSSR count). The minimum absolute atomic E-state index is 0.105. The second kappa shape index (κ2) is 4.26. The molecule has 1 atom stereocenters. The third kappa shape index (κ3) is 2.34. The van der Waals surface area contributed by atoms with Gasteiger partial charge in [-0.25, -0.2) is 0 Å². The zero-order chi connectivity index (χ0) is 10.7. The molecule has 14 heavy (non-hydrogen) atoms. The van der Waals surface area contributed by atoms with Gasteiger partial charge in [-0.15, -0.1) is 0 Å². The van der Waals surface area contributed by atoms with E-state index in [1.165, 1.54) is 0 Å². The van der Waals surface area contributed by atoms with Crippen LogP contribution in [0.2, 0.25) is 0 Å². The third-order valence-electron chi connectivity index (χ3n) is 2.28. The van der Waals surface area contributed by atoms with Crippen molar-refractivity contribution in [2.75, 3.05) is 6.54 Å². The van der Waals surface area contributed by atoms with Gasteiger partial charge in [0.1, 0.15) is 6.04 Å². The van der Waals surface area contributed by atoms with Crippen molar-refractivity contribution in [2.45, 2.75) is 32.7 Å². The average Bonchev–Trinajstić information content (AvgIpc) is 2.49. The average molecular weight is 196 g/mol. The molecule has 2 amide bonds. The molecule has 0 aliphatic carbocycles. The van der Waals surface area contributed by atoms with Gasteiger partial charge in [-0.1, -0.05) is 5.57 Å². The number of hydrogen-bond acceptors (Lipinski definition) is 2. The van der Waals surface area contributed by atoms with Crippen LogP contribution in [0.15, 0.2) is 11.6 Å². The summed E-state index contributed by atoms with van der Waals surface area (Å²) in [5.74, 6) is -0.510. The Labute approximate surface area is 83.8 Å². The van der Waals surface area contributed by atoms with Gasteiger partial charge in [0.25, 0.3) is 0 Å². The maximum absolute atomic E-state index is 11.6. The number of amides is 2. The fraction of sp³-hybridized carbons (Fsp3) is 0.600. The molecular formula is C10H16N2O2. The first-order chi connectivity index (χ1) is 6.52. The lowest BCUT2D eigenvalue weighted by Gasteiger charge is -2.20. The topological polar surface area (TPSA) is 63.4 Å². The summed E-state index contributed by atoms with van der Waals surface area (Å²) in [5.41, 5.74) is 6.14. The summed E-state index contributed by atoms with van der Waals surface area (Å²) in [6, 6.07) is -0.405. The van der Waals surface area contributed by atoms with Crippen molar-refractivity contribution >= 4 is 11.8 Å². The summed E-state index contributed by atoms with van der Waals surface area (Å²) in [6.07, 6.45) is 3.09. The number of nitrogens with zero attached hydrogens (tertiary/aromatic N) is 1. The van der Waals surface area contributed by atoms with Crippen molar-refractivity contribution in [2.24, 2.45) is 5.73 Å². The van der Waals surface area contributed by atoms with Crippen molar-refractivity contribution in [3.63, 3.8) is 0 Å². The van der Waals surface area contributed by atoms with E-state index >= 15 is 0 Å². The molecule has 1 aliphatic rings. The lowest BCUT2D eigenvalue weighted by atomic mass is 10.2. The van der Waals surface area contributed by atoms with Crippen molar-refractivity contribution in [3.05, 3.63) is 11.6 Å². The number of rotatable bonds is 2. The first-order valence-electron chi connectivity index (χ1n) is 4.77. The van der Waals surface area contributed by atoms with Gasteiger partial charge < -0.3 is 10.6 Å². The van der Waals surface area contributed by atoms with Gasteiger partial charge in [0.15, 0.2) is 0 Å². The third-order valence-corrected chi connectivity index (χ3v) is 2.28. The number of hydrogen-bond donors (Lipinski definition) is 1. The maximum Gasteiger partial charge on any atom is 0.247 e. The Morgan fingerprint density at radius 3 is 2.57 bits per heavy atom. The second-order valence-electron chi connectivity index (χ2n) is 3.81. The van der Waals surface area contributed by atoms with Crippen LogP contribution < -0.4 is 5.73 Å². The Bertz CT molecular complexity index is 280. The minimum atomic E-state index is -0.405. The lowest BCUT2D eigenvalue weighted by molar-refractivity contribution is -0.133. The zero-order valence-corrected chi connectivity index (χ0v) is 8.62. The van der Waals surface area contributed by atoms with E-state index in [0.717, 1.165) is 12.0 Å². The Balaban J connectivity index is 2.72. The van der Waals surface area contributed by atoms with Gasteiger partial charge in [-0.3, -0.25) is 9.59 Å². The highest BCUT2D eigenvalue weighted by atomic mass is 16.2. The predicted octanol–water partition coefficient (Wildman–Crippen LogP) is 0.429. The molecule has 4 heteroatoms. The van der Waals surface area contributed by atoms with Crippen molar-refractivity contribution in [1.29, 1.82) is 0 Å². The summed E-state index contributed by atoms with van der Waals surface area (Å²) in [7, 11) is 0. The quantitative estimate of drug-likeness (QED) is 0.651. The smallest absolute Gasteiger partial charge is 0.247 e. The van der Waals surface area contributed by atoms with E-state index in [2.05, 4.69) is 0 Å². The molecule has 2 N–H and O–H groups in total. The molecule has 0 aromatic rings. The van der Waals surface area contributed by atoms with Crippen LogP contribution in [-0.4, -0.2) is 29.3 Å². The van der Waals surface area contributed by atoms with E-state index in [9.17, 15) is 9.59 Å². The molecule has 0 bridgehead atoms. The van der Waals surface area contributed by atoms with E-state index < -0.39 is 11.9 Å². The molecule has 0 aromatic carbocycles. The highest BCUT2D eigenvalue weighted by Gasteiger charge is 2.31. The van der Waals surface area contributed by atoms with Crippen LogP contribution in [0.3, 0.4) is 0 Å². The van der Waals surface area contributed by atoms with Gasteiger partial charge in [0, 0.05) is 12.6 Å². The van der Waals surface area contributed by atoms with E-state index in [1.54, 1.807) is 11.0 Å². The van der Waals surface area contributed by atoms with Gasteiger partial charge >= 0.3 is 0 Å². The van der Waals surface area contributed by atoms with E-state index in [0.29, 0.717) is 13.0 Å². The van der Waals surface area contributed by atoms with Crippen molar-refractivity contribution in [1.82, 2.24) is 4.90 Å². The standard InChI is InChI=1S/C10H16N2O2/c1-7(2)6-9(13)12-5-3-4-8(12)10(11)14/h6,8H,3-5H2,1-2H3,(H2,11,14)/t8-/m0/s1. The maximum atomic E-state index is 11.6. The first-order valence-corrected chi connectivity index (χ1v) is 4.77. The number of nitrogens with two attached hydrogens (primary N) is 1. The van der Waals surface area contributed by atoms with Crippen LogP contribution in [0.4, 0.5) is 0 Å². The van der Waals surface area contributed by atoms with Gasteiger partial charge in [-0.05, 0) is 26.7 Å². The Morgan fingerprint density at radius 1 is 1.43 bits per heavy atom. The lowest BCUT2D eigenvalue weighted by Crippen LogP contribution is -2.43. The number of carbonyl (C=O) groups is 2. The van der Waals surface area contributed by atoms with Crippen molar-refractivity contribution < 1.29 is 9.59 Å². The molecular weight excluding hydrogens is 180 g/mol. The van der Waals surface area contributed by atoms with E-state index in [4.69, 9.17) is 5.73 Å². The Morgan fingerprint density at radius 2 is 2.07 bits per heavy atom. The largest absolute Gasteiger partial charge is 0.368 e. The van der Waals surface area contributed by atoms with Gasteiger partial charge in [0.2, 0.25) is 11.8 Å². The number of primary amides is 1. The normalized spacial score (nSPS) is 20.7. The summed E-state index contributed by atoms with van der Waals surface area (Å²) in [5, 5.41) is 0. The van der Waals surface area contributed by atoms with Crippen molar-refractivity contribution in [3.8, 4) is 0 Å². The summed E-state index contributed by atoms with van der Waals surface area (Å²) in [4.78, 5) is 24.2. The van der Waals surface area contributed by atoms with E-state index in [1.807, 2.05) is 13.8 Å². The molecule has 4 nitrogen and oxygen atoms in total. The SMILES string of the molecule is CC(C)=CC(=O)N1CCC[C@H]1C(N)=O. The monoisotopic (exact) mass is 196 g/mol. The first kappa shape index (κ1) is 10.8. The molecule has 0 radical (unpaired) electrons. The van der Waals surface area contributed by atoms with Crippen LogP contribution >= 0.6 is 0 Å². The highest BCUT2D eigenvalue weighted by Crippen LogP contribution is 2.17. The Kier molecular flexibility index (Phi) is 3.28. The van der Waals surface area contributed by atoms with Crippen LogP contribution in [-0.2, 0) is 9.59 Å². The fourth-order valence-corrected chi connectivity index (χ4v) is 1.66. The highest BCUT2D eigenvalue weighted by molar-refractivity contribution is 5.93. The number of carbonyl (C=O) groups excluding carboxylic acids is 2. The molecule has 0 saturated carbocycles. The van der Waals surface area contributed by atoms with Crippen LogP contribution in [0, 0.1) is 0 Å².